The highest BCUT2D eigenvalue weighted by Gasteiger charge is 2.29. The highest BCUT2D eigenvalue weighted by atomic mass is 35.5. The van der Waals surface area contributed by atoms with E-state index in [9.17, 15) is 4.79 Å². The van der Waals surface area contributed by atoms with E-state index in [1.54, 1.807) is 16.5 Å². The summed E-state index contributed by atoms with van der Waals surface area (Å²) in [6, 6.07) is 7.54. The van der Waals surface area contributed by atoms with Crippen molar-refractivity contribution in [2.75, 3.05) is 13.1 Å². The lowest BCUT2D eigenvalue weighted by Gasteiger charge is -2.15. The van der Waals surface area contributed by atoms with E-state index in [-0.39, 0.29) is 11.9 Å². The maximum atomic E-state index is 12.7. The number of rotatable bonds is 3. The number of likely N-dealkylation sites (tertiary alicyclic amines) is 1. The highest BCUT2D eigenvalue weighted by Crippen LogP contribution is 2.25. The molecule has 0 spiro atoms. The molecule has 0 saturated carbocycles. The van der Waals surface area contributed by atoms with Crippen molar-refractivity contribution < 1.29 is 4.79 Å². The molecule has 2 aromatic rings. The average Bonchev–Trinajstić information content (AvgIpc) is 3.05. The van der Waals surface area contributed by atoms with Crippen LogP contribution in [0.5, 0.6) is 0 Å². The zero-order valence-electron chi connectivity index (χ0n) is 12.8. The molecule has 0 unspecified atom stereocenters. The number of hydrogen-bond acceptors (Lipinski definition) is 3. The molecule has 2 N–H and O–H groups in total. The van der Waals surface area contributed by atoms with Crippen molar-refractivity contribution in [1.29, 1.82) is 0 Å². The zero-order valence-corrected chi connectivity index (χ0v) is 14.3. The standard InChI is InChI=1S/C16H18Cl2N4O/c1-10-14(16(23)21-7-6-12(19)9-21)15(18)22(20-10)8-11-4-2-3-5-13(11)17/h2-5,12H,6-9,19H2,1H3/t12-/m1/s1. The van der Waals surface area contributed by atoms with Gasteiger partial charge in [0.1, 0.15) is 5.15 Å². The Balaban J connectivity index is 1.88. The van der Waals surface area contributed by atoms with Crippen LogP contribution in [0.1, 0.15) is 28.0 Å². The van der Waals surface area contributed by atoms with Gasteiger partial charge in [0.15, 0.2) is 0 Å². The van der Waals surface area contributed by atoms with E-state index in [1.165, 1.54) is 0 Å². The number of hydrogen-bond donors (Lipinski definition) is 1. The van der Waals surface area contributed by atoms with Gasteiger partial charge in [-0.2, -0.15) is 5.10 Å². The van der Waals surface area contributed by atoms with Gasteiger partial charge in [-0.05, 0) is 25.0 Å². The van der Waals surface area contributed by atoms with Crippen LogP contribution in [0.2, 0.25) is 10.2 Å². The second-order valence-corrected chi connectivity index (χ2v) is 6.57. The van der Waals surface area contributed by atoms with E-state index >= 15 is 0 Å². The summed E-state index contributed by atoms with van der Waals surface area (Å²) in [5.74, 6) is -0.106. The van der Waals surface area contributed by atoms with Crippen LogP contribution in [-0.4, -0.2) is 39.7 Å². The Morgan fingerprint density at radius 2 is 2.13 bits per heavy atom. The number of halogens is 2. The SMILES string of the molecule is Cc1nn(Cc2ccccc2Cl)c(Cl)c1C(=O)N1CC[C@@H](N)C1. The first kappa shape index (κ1) is 16.3. The van der Waals surface area contributed by atoms with E-state index in [0.29, 0.717) is 41.1 Å². The van der Waals surface area contributed by atoms with Gasteiger partial charge >= 0.3 is 0 Å². The monoisotopic (exact) mass is 352 g/mol. The first-order valence-corrected chi connectivity index (χ1v) is 8.24. The molecule has 23 heavy (non-hydrogen) atoms. The minimum atomic E-state index is -0.106. The normalized spacial score (nSPS) is 17.7. The van der Waals surface area contributed by atoms with Crippen LogP contribution in [0.4, 0.5) is 0 Å². The first-order valence-electron chi connectivity index (χ1n) is 7.48. The van der Waals surface area contributed by atoms with Gasteiger partial charge in [-0.1, -0.05) is 41.4 Å². The molecule has 1 aliphatic heterocycles. The molecular formula is C16H18Cl2N4O. The molecule has 5 nitrogen and oxygen atoms in total. The molecule has 0 aliphatic carbocycles. The summed E-state index contributed by atoms with van der Waals surface area (Å²) in [5, 5.41) is 5.39. The topological polar surface area (TPSA) is 64.2 Å². The van der Waals surface area contributed by atoms with Crippen molar-refractivity contribution in [3.05, 3.63) is 51.3 Å². The summed E-state index contributed by atoms with van der Waals surface area (Å²) in [4.78, 5) is 14.4. The number of aryl methyl sites for hydroxylation is 1. The van der Waals surface area contributed by atoms with Gasteiger partial charge in [0.25, 0.3) is 5.91 Å². The summed E-state index contributed by atoms with van der Waals surface area (Å²) >= 11 is 12.6. The third-order valence-corrected chi connectivity index (χ3v) is 4.82. The Labute approximate surface area is 145 Å². The minimum Gasteiger partial charge on any atom is -0.337 e. The largest absolute Gasteiger partial charge is 0.337 e. The predicted molar refractivity (Wildman–Crippen MR) is 91.0 cm³/mol. The lowest BCUT2D eigenvalue weighted by Crippen LogP contribution is -2.32. The van der Waals surface area contributed by atoms with Crippen LogP contribution >= 0.6 is 23.2 Å². The van der Waals surface area contributed by atoms with Gasteiger partial charge in [-0.15, -0.1) is 0 Å². The predicted octanol–water partition coefficient (Wildman–Crippen LogP) is 2.72. The third kappa shape index (κ3) is 3.22. The molecule has 2 heterocycles. The fourth-order valence-electron chi connectivity index (χ4n) is 2.82. The summed E-state index contributed by atoms with van der Waals surface area (Å²) in [6.07, 6.45) is 0.816. The Hall–Kier alpha value is -1.56. The summed E-state index contributed by atoms with van der Waals surface area (Å²) < 4.78 is 1.61. The van der Waals surface area contributed by atoms with Crippen molar-refractivity contribution in [3.8, 4) is 0 Å². The summed E-state index contributed by atoms with van der Waals surface area (Å²) in [7, 11) is 0. The number of benzene rings is 1. The van der Waals surface area contributed by atoms with Crippen molar-refractivity contribution in [3.63, 3.8) is 0 Å². The molecule has 122 valence electrons. The maximum Gasteiger partial charge on any atom is 0.258 e. The highest BCUT2D eigenvalue weighted by molar-refractivity contribution is 6.33. The molecule has 1 fully saturated rings. The fourth-order valence-corrected chi connectivity index (χ4v) is 3.33. The van der Waals surface area contributed by atoms with Gasteiger partial charge in [-0.3, -0.25) is 4.79 Å². The Morgan fingerprint density at radius 3 is 2.78 bits per heavy atom. The maximum absolute atomic E-state index is 12.7. The lowest BCUT2D eigenvalue weighted by molar-refractivity contribution is 0.0790. The zero-order chi connectivity index (χ0) is 16.6. The third-order valence-electron chi connectivity index (χ3n) is 4.07. The van der Waals surface area contributed by atoms with Gasteiger partial charge in [0.05, 0.1) is 17.8 Å². The van der Waals surface area contributed by atoms with Crippen molar-refractivity contribution in [1.82, 2.24) is 14.7 Å². The van der Waals surface area contributed by atoms with Crippen molar-refractivity contribution in [2.45, 2.75) is 25.9 Å². The number of nitrogens with two attached hydrogens (primary N) is 1. The van der Waals surface area contributed by atoms with Crippen LogP contribution in [0.15, 0.2) is 24.3 Å². The Bertz CT molecular complexity index is 744. The molecule has 1 amide bonds. The van der Waals surface area contributed by atoms with E-state index < -0.39 is 0 Å². The number of carbonyl (C=O) groups excluding carboxylic acids is 1. The van der Waals surface area contributed by atoms with Crippen LogP contribution in [0.3, 0.4) is 0 Å². The first-order chi connectivity index (χ1) is 11.0. The van der Waals surface area contributed by atoms with Gasteiger partial charge in [0, 0.05) is 24.2 Å². The molecule has 0 radical (unpaired) electrons. The molecule has 1 atom stereocenters. The fraction of sp³-hybridized carbons (Fsp3) is 0.375. The van der Waals surface area contributed by atoms with E-state index in [2.05, 4.69) is 5.10 Å². The number of nitrogens with zero attached hydrogens (tertiary/aromatic N) is 3. The molecule has 3 rings (SSSR count). The van der Waals surface area contributed by atoms with E-state index in [0.717, 1.165) is 12.0 Å². The quantitative estimate of drug-likeness (QED) is 0.923. The van der Waals surface area contributed by atoms with E-state index in [4.69, 9.17) is 28.9 Å². The average molecular weight is 353 g/mol. The Kier molecular flexibility index (Phi) is 4.62. The van der Waals surface area contributed by atoms with Crippen molar-refractivity contribution >= 4 is 29.1 Å². The molecule has 7 heteroatoms. The van der Waals surface area contributed by atoms with Gasteiger partial charge in [-0.25, -0.2) is 4.68 Å². The second-order valence-electron chi connectivity index (χ2n) is 5.80. The van der Waals surface area contributed by atoms with Crippen LogP contribution in [-0.2, 0) is 6.54 Å². The summed E-state index contributed by atoms with van der Waals surface area (Å²) in [6.45, 7) is 3.43. The lowest BCUT2D eigenvalue weighted by atomic mass is 10.2. The smallest absolute Gasteiger partial charge is 0.258 e. The molecule has 1 aromatic heterocycles. The number of amides is 1. The van der Waals surface area contributed by atoms with Gasteiger partial charge < -0.3 is 10.6 Å². The van der Waals surface area contributed by atoms with E-state index in [1.807, 2.05) is 24.3 Å². The van der Waals surface area contributed by atoms with Crippen LogP contribution < -0.4 is 5.73 Å². The number of carbonyl (C=O) groups is 1. The Morgan fingerprint density at radius 1 is 1.39 bits per heavy atom. The molecule has 1 saturated heterocycles. The molecular weight excluding hydrogens is 335 g/mol. The minimum absolute atomic E-state index is 0.0381. The van der Waals surface area contributed by atoms with Crippen LogP contribution in [0.25, 0.3) is 0 Å². The molecule has 1 aliphatic rings. The summed E-state index contributed by atoms with van der Waals surface area (Å²) in [5.41, 5.74) is 7.85. The number of aromatic nitrogens is 2. The molecule has 0 bridgehead atoms. The van der Waals surface area contributed by atoms with Crippen LogP contribution in [0, 0.1) is 6.92 Å². The van der Waals surface area contributed by atoms with Crippen molar-refractivity contribution in [2.24, 2.45) is 5.73 Å². The molecule has 1 aromatic carbocycles. The second kappa shape index (κ2) is 6.51. The van der Waals surface area contributed by atoms with Gasteiger partial charge in [0.2, 0.25) is 0 Å².